The summed E-state index contributed by atoms with van der Waals surface area (Å²) < 4.78 is 30.8. The number of ether oxygens (including phenoxy) is 1. The van der Waals surface area contributed by atoms with Crippen LogP contribution in [0.15, 0.2) is 29.2 Å². The van der Waals surface area contributed by atoms with Gasteiger partial charge in [0.15, 0.2) is 12.4 Å². The van der Waals surface area contributed by atoms with Crippen LogP contribution in [-0.4, -0.2) is 45.8 Å². The molecule has 0 fully saturated rings. The molecule has 0 heterocycles. The zero-order valence-corrected chi connectivity index (χ0v) is 14.3. The summed E-state index contributed by atoms with van der Waals surface area (Å²) in [6, 6.07) is 5.30. The van der Waals surface area contributed by atoms with Crippen molar-refractivity contribution in [1.29, 1.82) is 0 Å². The number of hydrogen-bond donors (Lipinski definition) is 2. The van der Waals surface area contributed by atoms with Crippen LogP contribution in [-0.2, 0) is 24.3 Å². The van der Waals surface area contributed by atoms with Gasteiger partial charge in [-0.3, -0.25) is 14.4 Å². The van der Waals surface area contributed by atoms with Crippen LogP contribution in [0.25, 0.3) is 0 Å². The van der Waals surface area contributed by atoms with Gasteiger partial charge in [0.25, 0.3) is 5.91 Å². The molecule has 2 N–H and O–H groups in total. The summed E-state index contributed by atoms with van der Waals surface area (Å²) in [5.41, 5.74) is 0.381. The van der Waals surface area contributed by atoms with Crippen LogP contribution in [0.5, 0.6) is 0 Å². The molecule has 1 amide bonds. The molecule has 0 atom stereocenters. The molecule has 0 saturated heterocycles. The Morgan fingerprint density at radius 3 is 2.29 bits per heavy atom. The average molecular weight is 356 g/mol. The zero-order chi connectivity index (χ0) is 18.2. The van der Waals surface area contributed by atoms with E-state index in [1.54, 1.807) is 0 Å². The number of amides is 1. The van der Waals surface area contributed by atoms with Crippen LogP contribution in [0, 0.1) is 0 Å². The molecule has 0 aromatic heterocycles. The third-order valence-electron chi connectivity index (χ3n) is 2.91. The summed E-state index contributed by atoms with van der Waals surface area (Å²) in [6.07, 6.45) is 0.752. The first-order chi connectivity index (χ1) is 11.3. The van der Waals surface area contributed by atoms with Gasteiger partial charge in [-0.2, -0.15) is 4.72 Å². The number of sulfonamides is 1. The number of benzene rings is 1. The maximum atomic E-state index is 12.0. The molecule has 0 aliphatic rings. The predicted molar refractivity (Wildman–Crippen MR) is 85.9 cm³/mol. The van der Waals surface area contributed by atoms with Gasteiger partial charge in [-0.15, -0.1) is 0 Å². The smallest absolute Gasteiger partial charge is 0.321 e. The van der Waals surface area contributed by atoms with Gasteiger partial charge in [-0.25, -0.2) is 8.42 Å². The molecular formula is C15H20N2O6S. The van der Waals surface area contributed by atoms with E-state index < -0.39 is 35.1 Å². The standard InChI is InChI=1S/C15H20N2O6S/c1-3-8-16-14(19)10-23-15(20)9-17-24(21,22)13-6-4-12(5-7-13)11(2)18/h4-7,17H,3,8-10H2,1-2H3,(H,16,19). The van der Waals surface area contributed by atoms with E-state index in [-0.39, 0.29) is 10.7 Å². The first-order valence-electron chi connectivity index (χ1n) is 7.29. The van der Waals surface area contributed by atoms with E-state index in [2.05, 4.69) is 14.8 Å². The summed E-state index contributed by atoms with van der Waals surface area (Å²) in [6.45, 7) is 2.66. The Bertz CT molecular complexity index is 697. The topological polar surface area (TPSA) is 119 Å². The van der Waals surface area contributed by atoms with Gasteiger partial charge < -0.3 is 10.1 Å². The van der Waals surface area contributed by atoms with Crippen molar-refractivity contribution in [2.24, 2.45) is 0 Å². The highest BCUT2D eigenvalue weighted by molar-refractivity contribution is 7.89. The van der Waals surface area contributed by atoms with Gasteiger partial charge in [0.05, 0.1) is 4.90 Å². The summed E-state index contributed by atoms with van der Waals surface area (Å²) >= 11 is 0. The molecule has 1 aromatic rings. The minimum Gasteiger partial charge on any atom is -0.455 e. The Hall–Kier alpha value is -2.26. The minimum atomic E-state index is -3.91. The van der Waals surface area contributed by atoms with Gasteiger partial charge in [-0.05, 0) is 25.5 Å². The SMILES string of the molecule is CCCNC(=O)COC(=O)CNS(=O)(=O)c1ccc(C(C)=O)cc1. The third-order valence-corrected chi connectivity index (χ3v) is 4.33. The van der Waals surface area contributed by atoms with Crippen LogP contribution in [0.1, 0.15) is 30.6 Å². The first-order valence-corrected chi connectivity index (χ1v) is 8.77. The highest BCUT2D eigenvalue weighted by atomic mass is 32.2. The molecule has 0 aliphatic carbocycles. The van der Waals surface area contributed by atoms with E-state index in [0.29, 0.717) is 12.1 Å². The highest BCUT2D eigenvalue weighted by Gasteiger charge is 2.17. The Labute approximate surface area is 140 Å². The zero-order valence-electron chi connectivity index (χ0n) is 13.5. The van der Waals surface area contributed by atoms with Crippen LogP contribution < -0.4 is 10.0 Å². The lowest BCUT2D eigenvalue weighted by Crippen LogP contribution is -2.34. The summed E-state index contributed by atoms with van der Waals surface area (Å²) in [4.78, 5) is 33.8. The van der Waals surface area contributed by atoms with Crippen molar-refractivity contribution in [3.8, 4) is 0 Å². The number of carbonyl (C=O) groups is 3. The molecule has 0 aliphatic heterocycles. The van der Waals surface area contributed by atoms with Crippen molar-refractivity contribution in [3.05, 3.63) is 29.8 Å². The number of Topliss-reactive ketones (excluding diaryl/α,β-unsaturated/α-hetero) is 1. The molecule has 0 unspecified atom stereocenters. The molecule has 1 aromatic carbocycles. The molecule has 24 heavy (non-hydrogen) atoms. The minimum absolute atomic E-state index is 0.0824. The molecule has 1 rings (SSSR count). The molecule has 0 radical (unpaired) electrons. The van der Waals surface area contributed by atoms with Gasteiger partial charge in [0, 0.05) is 12.1 Å². The number of rotatable bonds is 9. The Morgan fingerprint density at radius 1 is 1.12 bits per heavy atom. The number of esters is 1. The van der Waals surface area contributed by atoms with Gasteiger partial charge in [-0.1, -0.05) is 19.1 Å². The molecule has 0 saturated carbocycles. The second kappa shape index (κ2) is 9.14. The summed E-state index contributed by atoms with van der Waals surface area (Å²) in [7, 11) is -3.91. The normalized spacial score (nSPS) is 10.9. The highest BCUT2D eigenvalue weighted by Crippen LogP contribution is 2.10. The van der Waals surface area contributed by atoms with Crippen molar-refractivity contribution in [3.63, 3.8) is 0 Å². The van der Waals surface area contributed by atoms with Crippen LogP contribution in [0.3, 0.4) is 0 Å². The lowest BCUT2D eigenvalue weighted by molar-refractivity contribution is -0.147. The molecule has 0 bridgehead atoms. The number of ketones is 1. The monoisotopic (exact) mass is 356 g/mol. The fourth-order valence-electron chi connectivity index (χ4n) is 1.62. The number of hydrogen-bond acceptors (Lipinski definition) is 6. The lowest BCUT2D eigenvalue weighted by atomic mass is 10.2. The van der Waals surface area contributed by atoms with Gasteiger partial charge >= 0.3 is 5.97 Å². The lowest BCUT2D eigenvalue weighted by Gasteiger charge is -2.08. The van der Waals surface area contributed by atoms with Gasteiger partial charge in [0.2, 0.25) is 10.0 Å². The van der Waals surface area contributed by atoms with Crippen molar-refractivity contribution in [2.45, 2.75) is 25.2 Å². The Morgan fingerprint density at radius 2 is 1.75 bits per heavy atom. The quantitative estimate of drug-likeness (QED) is 0.483. The number of nitrogens with one attached hydrogen (secondary N) is 2. The fraction of sp³-hybridized carbons (Fsp3) is 0.400. The maximum Gasteiger partial charge on any atom is 0.321 e. The van der Waals surface area contributed by atoms with E-state index in [0.717, 1.165) is 6.42 Å². The van der Waals surface area contributed by atoms with E-state index in [1.807, 2.05) is 6.92 Å². The largest absolute Gasteiger partial charge is 0.455 e. The summed E-state index contributed by atoms with van der Waals surface area (Å²) in [5, 5.41) is 2.52. The molecule has 8 nitrogen and oxygen atoms in total. The van der Waals surface area contributed by atoms with Crippen molar-refractivity contribution in [1.82, 2.24) is 10.0 Å². The van der Waals surface area contributed by atoms with Crippen LogP contribution >= 0.6 is 0 Å². The maximum absolute atomic E-state index is 12.0. The third kappa shape index (κ3) is 6.47. The first kappa shape index (κ1) is 19.8. The van der Waals surface area contributed by atoms with E-state index in [9.17, 15) is 22.8 Å². The van der Waals surface area contributed by atoms with Crippen LogP contribution in [0.2, 0.25) is 0 Å². The Kier molecular flexibility index (Phi) is 7.53. The van der Waals surface area contributed by atoms with E-state index in [1.165, 1.54) is 31.2 Å². The molecule has 132 valence electrons. The van der Waals surface area contributed by atoms with E-state index in [4.69, 9.17) is 0 Å². The molecule has 9 heteroatoms. The second-order valence-electron chi connectivity index (χ2n) is 4.92. The summed E-state index contributed by atoms with van der Waals surface area (Å²) in [5.74, 6) is -1.50. The Balaban J connectivity index is 2.51. The average Bonchev–Trinajstić information content (AvgIpc) is 2.56. The van der Waals surface area contributed by atoms with Crippen molar-refractivity contribution < 1.29 is 27.5 Å². The van der Waals surface area contributed by atoms with Gasteiger partial charge in [0.1, 0.15) is 6.54 Å². The van der Waals surface area contributed by atoms with Crippen molar-refractivity contribution in [2.75, 3.05) is 19.7 Å². The fourth-order valence-corrected chi connectivity index (χ4v) is 2.59. The van der Waals surface area contributed by atoms with Crippen molar-refractivity contribution >= 4 is 27.7 Å². The molecule has 0 spiro atoms. The predicted octanol–water partition coefficient (Wildman–Crippen LogP) is 0.237. The molecular weight excluding hydrogens is 336 g/mol. The number of carbonyl (C=O) groups excluding carboxylic acids is 3. The van der Waals surface area contributed by atoms with E-state index >= 15 is 0 Å². The van der Waals surface area contributed by atoms with Crippen LogP contribution in [0.4, 0.5) is 0 Å². The second-order valence-corrected chi connectivity index (χ2v) is 6.68.